The highest BCUT2D eigenvalue weighted by atomic mass is 19.3. The molecule has 0 radical (unpaired) electrons. The van der Waals surface area contributed by atoms with Gasteiger partial charge in [-0.15, -0.1) is 0 Å². The Bertz CT molecular complexity index is 2400. The van der Waals surface area contributed by atoms with Crippen LogP contribution in [0.3, 0.4) is 0 Å². The van der Waals surface area contributed by atoms with E-state index >= 15 is 8.78 Å². The first-order valence-corrected chi connectivity index (χ1v) is 18.4. The number of rotatable bonds is 11. The predicted octanol–water partition coefficient (Wildman–Crippen LogP) is 7.38. The second-order valence-electron chi connectivity index (χ2n) is 14.2. The van der Waals surface area contributed by atoms with Crippen LogP contribution in [0.2, 0.25) is 0 Å². The molecule has 4 heterocycles. The Morgan fingerprint density at radius 1 is 0.768 bits per heavy atom. The lowest BCUT2D eigenvalue weighted by molar-refractivity contribution is -0.174. The van der Waals surface area contributed by atoms with Gasteiger partial charge in [-0.25, -0.2) is 18.4 Å². The molecule has 0 aliphatic carbocycles. The molecule has 2 aromatic heterocycles. The van der Waals surface area contributed by atoms with Gasteiger partial charge < -0.3 is 28.7 Å². The van der Waals surface area contributed by atoms with Crippen LogP contribution in [0.1, 0.15) is 23.1 Å². The van der Waals surface area contributed by atoms with Crippen molar-refractivity contribution in [3.8, 4) is 23.2 Å². The van der Waals surface area contributed by atoms with E-state index in [1.165, 1.54) is 16.2 Å². The predicted molar refractivity (Wildman–Crippen MR) is 207 cm³/mol. The molecule has 0 unspecified atom stereocenters. The topological polar surface area (TPSA) is 100 Å². The molecule has 1 spiro atoms. The van der Waals surface area contributed by atoms with E-state index in [2.05, 4.69) is 0 Å². The maximum atomic E-state index is 16.1. The number of alkyl halides is 2. The number of anilines is 1. The van der Waals surface area contributed by atoms with Gasteiger partial charge in [0.15, 0.2) is 0 Å². The van der Waals surface area contributed by atoms with E-state index in [1.807, 2.05) is 95.9 Å². The van der Waals surface area contributed by atoms with Crippen LogP contribution < -0.4 is 24.8 Å². The minimum atomic E-state index is -3.19. The third kappa shape index (κ3) is 6.89. The minimum absolute atomic E-state index is 0.00217. The number of aryl methyl sites for hydroxylation is 1. The second kappa shape index (κ2) is 15.0. The summed E-state index contributed by atoms with van der Waals surface area (Å²) in [5, 5.41) is 0. The van der Waals surface area contributed by atoms with Crippen molar-refractivity contribution in [3.63, 3.8) is 0 Å². The van der Waals surface area contributed by atoms with Crippen LogP contribution in [0, 0.1) is 5.41 Å². The molecular formula is C43H41F2N5O6. The number of carbonyl (C=O) groups excluding carboxylic acids is 1. The maximum absolute atomic E-state index is 16.1. The second-order valence-corrected chi connectivity index (χ2v) is 14.2. The lowest BCUT2D eigenvalue weighted by Gasteiger charge is -2.58. The molecule has 2 fully saturated rings. The number of aromatic nitrogens is 3. The number of piperidine rings is 1. The fourth-order valence-corrected chi connectivity index (χ4v) is 7.56. The third-order valence-electron chi connectivity index (χ3n) is 10.7. The maximum Gasteiger partial charge on any atom is 0.410 e. The molecule has 0 atom stereocenters. The van der Waals surface area contributed by atoms with Crippen molar-refractivity contribution in [2.75, 3.05) is 38.2 Å². The lowest BCUT2D eigenvalue weighted by Crippen LogP contribution is -2.70. The van der Waals surface area contributed by atoms with E-state index in [-0.39, 0.29) is 57.4 Å². The number of methoxy groups -OCH3 is 1. The number of nitrogens with zero attached hydrogens (tertiary/aromatic N) is 5. The van der Waals surface area contributed by atoms with Gasteiger partial charge in [0.2, 0.25) is 11.8 Å². The van der Waals surface area contributed by atoms with Crippen molar-refractivity contribution in [3.05, 3.63) is 142 Å². The van der Waals surface area contributed by atoms with Crippen LogP contribution in [-0.2, 0) is 31.6 Å². The monoisotopic (exact) mass is 761 g/mol. The number of amides is 1. The standard InChI is InChI=1S/C43H41F2N5O6/c1-47-37-33(50(40(47)51)34-19-21-36(54-24-30-12-6-3-7-13-30)46-39(34)55-25-31-14-8-4-9-15-31)18-20-35(53-2)38(37)49-27-42(28-49)22-23-48(29-43(42,44)45)41(52)56-26-32-16-10-5-11-17-32/h3-21H,22-29H2,1-2H3. The normalized spacial score (nSPS) is 15.7. The largest absolute Gasteiger partial charge is 0.494 e. The van der Waals surface area contributed by atoms with Gasteiger partial charge in [0.05, 0.1) is 30.1 Å². The molecule has 1 amide bonds. The van der Waals surface area contributed by atoms with E-state index in [1.54, 1.807) is 31.3 Å². The van der Waals surface area contributed by atoms with Crippen molar-refractivity contribution < 1.29 is 32.5 Å². The Kier molecular flexibility index (Phi) is 9.83. The SMILES string of the molecule is COc1ccc2c(c1N1CC3(CCN(C(=O)OCc4ccccc4)CC3(F)F)C1)n(C)c(=O)n2-c1ccc(OCc2ccccc2)nc1OCc1ccccc1. The average Bonchev–Trinajstić information content (AvgIpc) is 3.46. The highest BCUT2D eigenvalue weighted by Gasteiger charge is 2.63. The molecule has 56 heavy (non-hydrogen) atoms. The van der Waals surface area contributed by atoms with E-state index in [9.17, 15) is 9.59 Å². The lowest BCUT2D eigenvalue weighted by atomic mass is 9.69. The van der Waals surface area contributed by atoms with Crippen LogP contribution in [0.15, 0.2) is 120 Å². The summed E-state index contributed by atoms with van der Waals surface area (Å²) < 4.78 is 58.6. The van der Waals surface area contributed by atoms with Gasteiger partial charge in [-0.3, -0.25) is 9.13 Å². The number of fused-ring (bicyclic) bond motifs is 1. The van der Waals surface area contributed by atoms with E-state index in [0.717, 1.165) is 21.6 Å². The summed E-state index contributed by atoms with van der Waals surface area (Å²) in [6.45, 7) is -0.120. The summed E-state index contributed by atoms with van der Waals surface area (Å²) in [4.78, 5) is 34.7. The van der Waals surface area contributed by atoms with Crippen molar-refractivity contribution in [1.29, 1.82) is 0 Å². The first-order valence-electron chi connectivity index (χ1n) is 18.4. The van der Waals surface area contributed by atoms with Crippen LogP contribution >= 0.6 is 0 Å². The molecule has 0 N–H and O–H groups in total. The molecule has 6 aromatic rings. The van der Waals surface area contributed by atoms with Crippen molar-refractivity contribution in [1.82, 2.24) is 19.0 Å². The number of imidazole rings is 1. The van der Waals surface area contributed by atoms with Gasteiger partial charge in [0.25, 0.3) is 5.92 Å². The Balaban J connectivity index is 1.08. The summed E-state index contributed by atoms with van der Waals surface area (Å²) in [6.07, 6.45) is -0.679. The van der Waals surface area contributed by atoms with Crippen molar-refractivity contribution in [2.45, 2.75) is 32.2 Å². The summed E-state index contributed by atoms with van der Waals surface area (Å²) in [5.41, 5.74) is 2.82. The molecule has 8 rings (SSSR count). The number of pyridine rings is 1. The number of carbonyl (C=O) groups is 1. The van der Waals surface area contributed by atoms with Gasteiger partial charge in [0, 0.05) is 32.7 Å². The first kappa shape index (κ1) is 36.6. The van der Waals surface area contributed by atoms with E-state index < -0.39 is 24.0 Å². The molecule has 2 saturated heterocycles. The summed E-state index contributed by atoms with van der Waals surface area (Å²) in [6, 6.07) is 35.4. The smallest absolute Gasteiger partial charge is 0.410 e. The van der Waals surface area contributed by atoms with Crippen molar-refractivity contribution in [2.24, 2.45) is 12.5 Å². The molecule has 13 heteroatoms. The number of hydrogen-bond donors (Lipinski definition) is 0. The summed E-state index contributed by atoms with van der Waals surface area (Å²) in [7, 11) is 3.15. The quantitative estimate of drug-likeness (QED) is 0.135. The Labute approximate surface area is 322 Å². The molecule has 2 aliphatic heterocycles. The fraction of sp³-hybridized carbons (Fsp3) is 0.279. The van der Waals surface area contributed by atoms with Crippen LogP contribution in [0.25, 0.3) is 16.7 Å². The van der Waals surface area contributed by atoms with Gasteiger partial charge >= 0.3 is 11.8 Å². The highest BCUT2D eigenvalue weighted by molar-refractivity contribution is 5.95. The van der Waals surface area contributed by atoms with Crippen LogP contribution in [0.4, 0.5) is 19.3 Å². The van der Waals surface area contributed by atoms with Crippen LogP contribution in [0.5, 0.6) is 17.5 Å². The number of benzene rings is 4. The number of hydrogen-bond acceptors (Lipinski definition) is 8. The zero-order valence-electron chi connectivity index (χ0n) is 31.1. The van der Waals surface area contributed by atoms with Gasteiger partial charge in [-0.05, 0) is 41.3 Å². The van der Waals surface area contributed by atoms with Crippen molar-refractivity contribution >= 4 is 22.8 Å². The summed E-state index contributed by atoms with van der Waals surface area (Å²) >= 11 is 0. The highest BCUT2D eigenvalue weighted by Crippen LogP contribution is 2.53. The molecule has 288 valence electrons. The Morgan fingerprint density at radius 3 is 1.98 bits per heavy atom. The number of likely N-dealkylation sites (tertiary alicyclic amines) is 1. The number of ether oxygens (including phenoxy) is 4. The Morgan fingerprint density at radius 2 is 1.38 bits per heavy atom. The molecule has 2 aliphatic rings. The molecule has 4 aromatic carbocycles. The third-order valence-corrected chi connectivity index (χ3v) is 10.7. The van der Waals surface area contributed by atoms with Gasteiger partial charge in [-0.2, -0.15) is 4.98 Å². The first-order chi connectivity index (χ1) is 27.2. The zero-order chi connectivity index (χ0) is 38.9. The average molecular weight is 762 g/mol. The van der Waals surface area contributed by atoms with E-state index in [0.29, 0.717) is 34.0 Å². The molecule has 11 nitrogen and oxygen atoms in total. The van der Waals surface area contributed by atoms with Gasteiger partial charge in [0.1, 0.15) is 36.9 Å². The van der Waals surface area contributed by atoms with E-state index in [4.69, 9.17) is 23.9 Å². The van der Waals surface area contributed by atoms with Gasteiger partial charge in [-0.1, -0.05) is 91.0 Å². The molecular weight excluding hydrogens is 720 g/mol. The molecule has 0 saturated carbocycles. The number of halogens is 2. The minimum Gasteiger partial charge on any atom is -0.494 e. The zero-order valence-corrected chi connectivity index (χ0v) is 31.1. The Hall–Kier alpha value is -6.37. The summed E-state index contributed by atoms with van der Waals surface area (Å²) in [5.74, 6) is -2.25. The molecule has 0 bridgehead atoms. The van der Waals surface area contributed by atoms with Crippen LogP contribution in [-0.4, -0.2) is 64.3 Å². The fourth-order valence-electron chi connectivity index (χ4n) is 7.56.